The molecular weight excluding hydrogens is 268 g/mol. The molecule has 4 saturated carbocycles. The molecule has 0 aliphatic heterocycles. The Morgan fingerprint density at radius 2 is 1.59 bits per heavy atom. The van der Waals surface area contributed by atoms with Crippen molar-refractivity contribution in [1.29, 1.82) is 0 Å². The van der Waals surface area contributed by atoms with Gasteiger partial charge in [0.1, 0.15) is 0 Å². The standard InChI is InChI=1S/C21H36O/c1-4-14-6-8-18-17-7-5-15-13-16(22)9-11-21(15,3)19(17)10-12-20(14,18)2/h14-19,22H,4-13H2,1-3H3/t14?,15?,16?,17?,18?,19?,20-,21?/m1/s1. The molecule has 0 heterocycles. The fourth-order valence-electron chi connectivity index (χ4n) is 8.01. The normalized spacial score (nSPS) is 57.8. The molecule has 0 radical (unpaired) electrons. The predicted molar refractivity (Wildman–Crippen MR) is 91.5 cm³/mol. The van der Waals surface area contributed by atoms with E-state index in [-0.39, 0.29) is 6.10 Å². The lowest BCUT2D eigenvalue weighted by molar-refractivity contribution is -0.126. The molecule has 4 aliphatic carbocycles. The molecule has 0 bridgehead atoms. The average molecular weight is 305 g/mol. The van der Waals surface area contributed by atoms with E-state index in [1.165, 1.54) is 51.4 Å². The van der Waals surface area contributed by atoms with Crippen LogP contribution in [0.15, 0.2) is 0 Å². The number of hydrogen-bond acceptors (Lipinski definition) is 1. The van der Waals surface area contributed by atoms with E-state index in [1.54, 1.807) is 0 Å². The molecule has 0 saturated heterocycles. The van der Waals surface area contributed by atoms with Gasteiger partial charge < -0.3 is 5.11 Å². The molecule has 0 aromatic heterocycles. The van der Waals surface area contributed by atoms with Gasteiger partial charge in [0.2, 0.25) is 0 Å². The number of aliphatic hydroxyl groups is 1. The van der Waals surface area contributed by atoms with Gasteiger partial charge in [-0.15, -0.1) is 0 Å². The molecule has 0 spiro atoms. The van der Waals surface area contributed by atoms with E-state index < -0.39 is 0 Å². The van der Waals surface area contributed by atoms with Crippen LogP contribution >= 0.6 is 0 Å². The average Bonchev–Trinajstić information content (AvgIpc) is 2.84. The molecule has 22 heavy (non-hydrogen) atoms. The molecule has 7 unspecified atom stereocenters. The maximum Gasteiger partial charge on any atom is 0.0543 e. The van der Waals surface area contributed by atoms with Crippen LogP contribution in [0.4, 0.5) is 0 Å². The molecule has 4 aliphatic rings. The van der Waals surface area contributed by atoms with Gasteiger partial charge in [-0.3, -0.25) is 0 Å². The molecule has 4 fully saturated rings. The van der Waals surface area contributed by atoms with Gasteiger partial charge in [-0.1, -0.05) is 27.2 Å². The van der Waals surface area contributed by atoms with Crippen molar-refractivity contribution in [3.8, 4) is 0 Å². The fourth-order valence-corrected chi connectivity index (χ4v) is 8.01. The van der Waals surface area contributed by atoms with Crippen LogP contribution in [0, 0.1) is 40.4 Å². The molecule has 1 N–H and O–H groups in total. The summed E-state index contributed by atoms with van der Waals surface area (Å²) in [4.78, 5) is 0. The molecule has 126 valence electrons. The lowest BCUT2D eigenvalue weighted by Crippen LogP contribution is -2.53. The Morgan fingerprint density at radius 3 is 2.36 bits per heavy atom. The van der Waals surface area contributed by atoms with Crippen LogP contribution in [0.3, 0.4) is 0 Å². The molecule has 0 amide bonds. The maximum atomic E-state index is 10.1. The number of fused-ring (bicyclic) bond motifs is 5. The summed E-state index contributed by atoms with van der Waals surface area (Å²) >= 11 is 0. The van der Waals surface area contributed by atoms with Gasteiger partial charge >= 0.3 is 0 Å². The number of hydrogen-bond donors (Lipinski definition) is 1. The van der Waals surface area contributed by atoms with Crippen LogP contribution in [-0.2, 0) is 0 Å². The second kappa shape index (κ2) is 5.23. The van der Waals surface area contributed by atoms with Gasteiger partial charge in [0.05, 0.1) is 6.10 Å². The third-order valence-electron chi connectivity index (χ3n) is 9.33. The highest BCUT2D eigenvalue weighted by molar-refractivity contribution is 5.08. The zero-order chi connectivity index (χ0) is 15.5. The Bertz CT molecular complexity index is 432. The zero-order valence-corrected chi connectivity index (χ0v) is 15.0. The van der Waals surface area contributed by atoms with Crippen LogP contribution in [0.5, 0.6) is 0 Å². The summed E-state index contributed by atoms with van der Waals surface area (Å²) in [5, 5.41) is 10.1. The molecule has 1 nitrogen and oxygen atoms in total. The second-order valence-electron chi connectivity index (χ2n) is 9.81. The van der Waals surface area contributed by atoms with Gasteiger partial charge in [0, 0.05) is 0 Å². The molecule has 0 aromatic carbocycles. The van der Waals surface area contributed by atoms with Gasteiger partial charge in [0.25, 0.3) is 0 Å². The Kier molecular flexibility index (Phi) is 3.68. The molecular formula is C21H36O. The van der Waals surface area contributed by atoms with E-state index in [4.69, 9.17) is 0 Å². The Hall–Kier alpha value is -0.0400. The van der Waals surface area contributed by atoms with E-state index in [2.05, 4.69) is 20.8 Å². The van der Waals surface area contributed by atoms with Gasteiger partial charge in [-0.25, -0.2) is 0 Å². The third-order valence-corrected chi connectivity index (χ3v) is 9.33. The summed E-state index contributed by atoms with van der Waals surface area (Å²) in [7, 11) is 0. The van der Waals surface area contributed by atoms with Crippen molar-refractivity contribution in [3.05, 3.63) is 0 Å². The van der Waals surface area contributed by atoms with Crippen molar-refractivity contribution in [2.45, 2.75) is 91.1 Å². The first-order valence-electron chi connectivity index (χ1n) is 10.2. The minimum atomic E-state index is -0.000524. The topological polar surface area (TPSA) is 20.2 Å². The fraction of sp³-hybridized carbons (Fsp3) is 1.00. The third kappa shape index (κ3) is 2.00. The first-order chi connectivity index (χ1) is 10.5. The summed E-state index contributed by atoms with van der Waals surface area (Å²) in [5.41, 5.74) is 1.21. The summed E-state index contributed by atoms with van der Waals surface area (Å²) in [5.74, 6) is 4.79. The monoisotopic (exact) mass is 304 g/mol. The lowest BCUT2D eigenvalue weighted by atomic mass is 9.44. The van der Waals surface area contributed by atoms with Crippen molar-refractivity contribution in [2.75, 3.05) is 0 Å². The zero-order valence-electron chi connectivity index (χ0n) is 15.0. The summed E-state index contributed by atoms with van der Waals surface area (Å²) < 4.78 is 0. The first-order valence-corrected chi connectivity index (χ1v) is 10.2. The number of rotatable bonds is 1. The van der Waals surface area contributed by atoms with Crippen LogP contribution in [0.1, 0.15) is 85.0 Å². The van der Waals surface area contributed by atoms with Crippen LogP contribution in [-0.4, -0.2) is 11.2 Å². The van der Waals surface area contributed by atoms with Crippen molar-refractivity contribution in [2.24, 2.45) is 40.4 Å². The van der Waals surface area contributed by atoms with E-state index in [0.717, 1.165) is 42.4 Å². The van der Waals surface area contributed by atoms with Gasteiger partial charge in [-0.2, -0.15) is 0 Å². The summed E-state index contributed by atoms with van der Waals surface area (Å²) in [6.07, 6.45) is 13.7. The van der Waals surface area contributed by atoms with Crippen molar-refractivity contribution < 1.29 is 5.11 Å². The van der Waals surface area contributed by atoms with E-state index in [0.29, 0.717) is 10.8 Å². The van der Waals surface area contributed by atoms with Crippen molar-refractivity contribution in [1.82, 2.24) is 0 Å². The minimum Gasteiger partial charge on any atom is -0.393 e. The quantitative estimate of drug-likeness (QED) is 0.686. The highest BCUT2D eigenvalue weighted by Gasteiger charge is 2.59. The van der Waals surface area contributed by atoms with Crippen LogP contribution in [0.2, 0.25) is 0 Å². The van der Waals surface area contributed by atoms with Gasteiger partial charge in [0.15, 0.2) is 0 Å². The Labute approximate surface area is 137 Å². The lowest BCUT2D eigenvalue weighted by Gasteiger charge is -2.61. The highest BCUT2D eigenvalue weighted by atomic mass is 16.3. The van der Waals surface area contributed by atoms with E-state index in [1.807, 2.05) is 0 Å². The first kappa shape index (κ1) is 15.5. The molecule has 1 heteroatoms. The largest absolute Gasteiger partial charge is 0.393 e. The van der Waals surface area contributed by atoms with Gasteiger partial charge in [-0.05, 0) is 98.2 Å². The molecule has 8 atom stereocenters. The highest BCUT2D eigenvalue weighted by Crippen LogP contribution is 2.67. The summed E-state index contributed by atoms with van der Waals surface area (Å²) in [6, 6.07) is 0. The van der Waals surface area contributed by atoms with Crippen molar-refractivity contribution >= 4 is 0 Å². The van der Waals surface area contributed by atoms with E-state index in [9.17, 15) is 5.11 Å². The SMILES string of the molecule is CCC1CCC2C3CCC4CC(O)CCC4(C)C3CC[C@]12C. The number of aliphatic hydroxyl groups excluding tert-OH is 1. The molecule has 4 rings (SSSR count). The minimum absolute atomic E-state index is 0.000524. The van der Waals surface area contributed by atoms with Crippen LogP contribution < -0.4 is 0 Å². The Morgan fingerprint density at radius 1 is 0.864 bits per heavy atom. The summed E-state index contributed by atoms with van der Waals surface area (Å²) in [6.45, 7) is 7.68. The van der Waals surface area contributed by atoms with Crippen LogP contribution in [0.25, 0.3) is 0 Å². The van der Waals surface area contributed by atoms with Crippen molar-refractivity contribution in [3.63, 3.8) is 0 Å². The van der Waals surface area contributed by atoms with E-state index >= 15 is 0 Å². The predicted octanol–water partition coefficient (Wildman–Crippen LogP) is 5.42. The Balaban J connectivity index is 1.61. The second-order valence-corrected chi connectivity index (χ2v) is 9.81. The maximum absolute atomic E-state index is 10.1. The smallest absolute Gasteiger partial charge is 0.0543 e. The molecule has 0 aromatic rings.